The summed E-state index contributed by atoms with van der Waals surface area (Å²) in [6.45, 7) is 0. The van der Waals surface area contributed by atoms with Gasteiger partial charge in [-0.3, -0.25) is 19.5 Å². The Morgan fingerprint density at radius 2 is 1.73 bits per heavy atom. The predicted molar refractivity (Wildman–Crippen MR) is 158 cm³/mol. The lowest BCUT2D eigenvalue weighted by Gasteiger charge is -2.30. The van der Waals surface area contributed by atoms with Crippen LogP contribution in [0.2, 0.25) is 0 Å². The number of rotatable bonds is 4. The molecular weight excluding hydrogens is 590 g/mol. The van der Waals surface area contributed by atoms with Crippen LogP contribution in [-0.4, -0.2) is 9.49 Å². The van der Waals surface area contributed by atoms with E-state index < -0.39 is 4.92 Å². The highest BCUT2D eigenvalue weighted by Gasteiger charge is 2.32. The molecule has 1 atom stereocenters. The molecule has 0 N–H and O–H groups in total. The molecule has 40 heavy (non-hydrogen) atoms. The average molecular weight is 610 g/mol. The zero-order chi connectivity index (χ0) is 27.4. The third kappa shape index (κ3) is 4.09. The number of nitrogens with zero attached hydrogens (tertiary/aromatic N) is 3. The molecule has 7 nitrogen and oxygen atoms in total. The molecule has 0 bridgehead atoms. The molecule has 1 aliphatic carbocycles. The number of fused-ring (bicyclic) bond motifs is 3. The van der Waals surface area contributed by atoms with Crippen molar-refractivity contribution < 1.29 is 9.34 Å². The normalized spacial score (nSPS) is 16.2. The van der Waals surface area contributed by atoms with Gasteiger partial charge in [-0.15, -0.1) is 0 Å². The highest BCUT2D eigenvalue weighted by atomic mass is 79.9. The smallest absolute Gasteiger partial charge is 0.280 e. The molecule has 2 aromatic heterocycles. The summed E-state index contributed by atoms with van der Waals surface area (Å²) in [5, 5.41) is 11.5. The van der Waals surface area contributed by atoms with Crippen LogP contribution in [0.15, 0.2) is 109 Å². The Morgan fingerprint density at radius 3 is 2.52 bits per heavy atom. The number of allylic oxidation sites excluding steroid dienone is 1. The number of benzene rings is 3. The predicted octanol–water partition coefficient (Wildman–Crippen LogP) is 6.25. The Labute approximate surface area is 240 Å². The van der Waals surface area contributed by atoms with E-state index in [1.54, 1.807) is 41.0 Å². The molecule has 0 saturated heterocycles. The van der Waals surface area contributed by atoms with Crippen molar-refractivity contribution >= 4 is 44.7 Å². The largest absolute Gasteiger partial charge is 0.456 e. The van der Waals surface area contributed by atoms with Crippen molar-refractivity contribution in [3.05, 3.63) is 147 Å². The summed E-state index contributed by atoms with van der Waals surface area (Å²) in [5.74, 6) is 0.804. The van der Waals surface area contributed by atoms with E-state index in [4.69, 9.17) is 9.41 Å². The number of nitro groups is 1. The van der Waals surface area contributed by atoms with Crippen LogP contribution in [0, 0.1) is 10.1 Å². The van der Waals surface area contributed by atoms with E-state index in [1.807, 2.05) is 30.3 Å². The molecule has 0 radical (unpaired) electrons. The minimum atomic E-state index is -0.433. The van der Waals surface area contributed by atoms with Crippen molar-refractivity contribution in [3.63, 3.8) is 0 Å². The number of hydrogen-bond acceptors (Lipinski definition) is 6. The fraction of sp³-hybridized carbons (Fsp3) is 0.0968. The van der Waals surface area contributed by atoms with Gasteiger partial charge in [-0.2, -0.15) is 0 Å². The van der Waals surface area contributed by atoms with Gasteiger partial charge in [0, 0.05) is 22.2 Å². The van der Waals surface area contributed by atoms with Gasteiger partial charge in [0.05, 0.1) is 26.8 Å². The van der Waals surface area contributed by atoms with Crippen LogP contribution in [0.25, 0.3) is 23.1 Å². The molecule has 5 aromatic rings. The second-order valence-electron chi connectivity index (χ2n) is 9.64. The van der Waals surface area contributed by atoms with Gasteiger partial charge in [-0.05, 0) is 59.9 Å². The van der Waals surface area contributed by atoms with Crippen molar-refractivity contribution in [2.45, 2.75) is 18.9 Å². The zero-order valence-electron chi connectivity index (χ0n) is 20.9. The summed E-state index contributed by atoms with van der Waals surface area (Å²) >= 11 is 4.85. The molecule has 0 unspecified atom stereocenters. The van der Waals surface area contributed by atoms with Crippen molar-refractivity contribution in [2.24, 2.45) is 4.99 Å². The van der Waals surface area contributed by atoms with Crippen LogP contribution < -0.4 is 14.9 Å². The number of nitro benzene ring substituents is 1. The molecule has 2 aliphatic rings. The van der Waals surface area contributed by atoms with Crippen LogP contribution in [-0.2, 0) is 6.42 Å². The van der Waals surface area contributed by atoms with E-state index >= 15 is 0 Å². The molecule has 0 saturated carbocycles. The van der Waals surface area contributed by atoms with E-state index in [0.717, 1.165) is 39.7 Å². The number of aryl methyl sites for hydroxylation is 1. The third-order valence-corrected chi connectivity index (χ3v) is 8.84. The van der Waals surface area contributed by atoms with Crippen LogP contribution in [0.3, 0.4) is 0 Å². The fourth-order valence-electron chi connectivity index (χ4n) is 5.51. The highest BCUT2D eigenvalue weighted by Crippen LogP contribution is 2.41. The second kappa shape index (κ2) is 9.69. The molecular formula is C31H20BrN3O4S. The van der Waals surface area contributed by atoms with Gasteiger partial charge < -0.3 is 4.42 Å². The van der Waals surface area contributed by atoms with Crippen molar-refractivity contribution in [2.75, 3.05) is 0 Å². The molecule has 196 valence electrons. The Morgan fingerprint density at radius 1 is 0.975 bits per heavy atom. The highest BCUT2D eigenvalue weighted by molar-refractivity contribution is 9.10. The van der Waals surface area contributed by atoms with Crippen LogP contribution in [0.1, 0.15) is 34.9 Å². The number of halogens is 1. The topological polar surface area (TPSA) is 90.6 Å². The molecule has 9 heteroatoms. The van der Waals surface area contributed by atoms with Crippen molar-refractivity contribution in [1.82, 2.24) is 4.57 Å². The monoisotopic (exact) mass is 609 g/mol. The van der Waals surface area contributed by atoms with E-state index in [1.165, 1.54) is 23.0 Å². The second-order valence-corrected chi connectivity index (χ2v) is 11.6. The van der Waals surface area contributed by atoms with Crippen molar-refractivity contribution in [3.8, 4) is 11.3 Å². The number of furan rings is 1. The average Bonchev–Trinajstić information content (AvgIpc) is 3.56. The van der Waals surface area contributed by atoms with Gasteiger partial charge >= 0.3 is 0 Å². The van der Waals surface area contributed by atoms with E-state index in [-0.39, 0.29) is 17.3 Å². The summed E-state index contributed by atoms with van der Waals surface area (Å²) in [4.78, 5) is 30.7. The summed E-state index contributed by atoms with van der Waals surface area (Å²) in [7, 11) is 0. The van der Waals surface area contributed by atoms with E-state index in [9.17, 15) is 14.9 Å². The number of para-hydroxylation sites is 1. The van der Waals surface area contributed by atoms with Gasteiger partial charge in [-0.25, -0.2) is 4.99 Å². The van der Waals surface area contributed by atoms with Gasteiger partial charge in [0.25, 0.3) is 11.2 Å². The number of aromatic nitrogens is 1. The van der Waals surface area contributed by atoms with Gasteiger partial charge in [0.15, 0.2) is 4.80 Å². The first-order chi connectivity index (χ1) is 19.5. The Balaban J connectivity index is 1.39. The SMILES string of the molecule is O=c1/c(=C/c2ccc(-c3ccccc3[N+](=O)[O-])o2)sc2n1[C@@H](c1ccc(Br)cc1)C1=C(N=2)c2ccccc2CC1. The maximum Gasteiger partial charge on any atom is 0.280 e. The van der Waals surface area contributed by atoms with E-state index in [0.29, 0.717) is 26.4 Å². The van der Waals surface area contributed by atoms with Gasteiger partial charge in [0.2, 0.25) is 0 Å². The Bertz CT molecular complexity index is 2040. The lowest BCUT2D eigenvalue weighted by atomic mass is 9.83. The minimum absolute atomic E-state index is 0.0388. The fourth-order valence-corrected chi connectivity index (χ4v) is 6.76. The van der Waals surface area contributed by atoms with Crippen LogP contribution in [0.4, 0.5) is 5.69 Å². The molecule has 0 spiro atoms. The maximum absolute atomic E-state index is 13.9. The molecule has 3 heterocycles. The quantitative estimate of drug-likeness (QED) is 0.178. The first-order valence-corrected chi connectivity index (χ1v) is 14.3. The first kappa shape index (κ1) is 24.7. The maximum atomic E-state index is 13.9. The summed E-state index contributed by atoms with van der Waals surface area (Å²) in [6.07, 6.45) is 3.40. The van der Waals surface area contributed by atoms with Gasteiger partial charge in [0.1, 0.15) is 11.5 Å². The molecule has 0 fully saturated rings. The summed E-state index contributed by atoms with van der Waals surface area (Å²) in [5.41, 5.74) is 5.68. The molecule has 1 aliphatic heterocycles. The lowest BCUT2D eigenvalue weighted by molar-refractivity contribution is -0.384. The minimum Gasteiger partial charge on any atom is -0.456 e. The van der Waals surface area contributed by atoms with Crippen LogP contribution >= 0.6 is 27.3 Å². The summed E-state index contributed by atoms with van der Waals surface area (Å²) < 4.78 is 9.21. The van der Waals surface area contributed by atoms with E-state index in [2.05, 4.69) is 34.1 Å². The first-order valence-electron chi connectivity index (χ1n) is 12.7. The standard InChI is InChI=1S/C31H20BrN3O4S/c32-20-12-9-19(10-13-20)29-24-15-11-18-5-1-2-6-22(18)28(24)33-31-34(29)30(36)27(40-31)17-21-14-16-26(39-21)23-7-3-4-8-25(23)35(37)38/h1-10,12-14,16-17,29H,11,15H2/b27-17-/t29-/m0/s1. The molecule has 7 rings (SSSR count). The Kier molecular flexibility index (Phi) is 5.98. The number of hydrogen-bond donors (Lipinski definition) is 0. The number of thiazole rings is 1. The molecule has 0 amide bonds. The van der Waals surface area contributed by atoms with Crippen molar-refractivity contribution in [1.29, 1.82) is 0 Å². The molecule has 3 aromatic carbocycles. The Hall–Kier alpha value is -4.34. The van der Waals surface area contributed by atoms with Crippen LogP contribution in [0.5, 0.6) is 0 Å². The summed E-state index contributed by atoms with van der Waals surface area (Å²) in [6, 6.07) is 26.0. The lowest BCUT2D eigenvalue weighted by Crippen LogP contribution is -2.38. The third-order valence-electron chi connectivity index (χ3n) is 7.33. The van der Waals surface area contributed by atoms with Gasteiger partial charge in [-0.1, -0.05) is 75.8 Å². The zero-order valence-corrected chi connectivity index (χ0v) is 23.3.